The maximum Gasteiger partial charge on any atom is 0.0336 e. The number of rotatable bonds is 2. The Balaban J connectivity index is 1.89. The topological polar surface area (TPSA) is 15.3 Å². The van der Waals surface area contributed by atoms with Gasteiger partial charge in [0.15, 0.2) is 0 Å². The van der Waals surface area contributed by atoms with Gasteiger partial charge in [-0.05, 0) is 19.3 Å². The lowest BCUT2D eigenvalue weighted by molar-refractivity contribution is 0.283. The van der Waals surface area contributed by atoms with Gasteiger partial charge in [0.25, 0.3) is 0 Å². The molecule has 0 saturated carbocycles. The van der Waals surface area contributed by atoms with Gasteiger partial charge in [0.05, 0.1) is 0 Å². The molecule has 2 unspecified atom stereocenters. The summed E-state index contributed by atoms with van der Waals surface area (Å²) in [4.78, 5) is 2.41. The van der Waals surface area contributed by atoms with Gasteiger partial charge in [0.1, 0.15) is 0 Å². The first kappa shape index (κ1) is 9.50. The average molecular weight is 201 g/mol. The zero-order valence-electron chi connectivity index (χ0n) is 7.93. The van der Waals surface area contributed by atoms with Crippen LogP contribution in [-0.4, -0.2) is 36.6 Å². The van der Waals surface area contributed by atoms with Crippen LogP contribution in [0, 0.1) is 0 Å². The van der Waals surface area contributed by atoms with E-state index in [0.29, 0.717) is 6.04 Å². The number of fused-ring (bicyclic) bond motifs is 2. The molecule has 2 bridgehead atoms. The third kappa shape index (κ3) is 2.46. The Morgan fingerprint density at radius 2 is 2.15 bits per heavy atom. The quantitative estimate of drug-likeness (QED) is 0.728. The van der Waals surface area contributed by atoms with Gasteiger partial charge in [-0.3, -0.25) is 4.90 Å². The van der Waals surface area contributed by atoms with E-state index in [4.69, 9.17) is 11.6 Å². The summed E-state index contributed by atoms with van der Waals surface area (Å²) in [7, 11) is 0. The number of nitrogens with zero attached hydrogens (tertiary/aromatic N) is 1. The molecule has 2 fully saturated rings. The maximum atomic E-state index is 5.81. The van der Waals surface area contributed by atoms with E-state index in [0.717, 1.165) is 24.2 Å². The first-order chi connectivity index (χ1) is 6.24. The maximum absolute atomic E-state index is 5.81. The van der Waals surface area contributed by atoms with Gasteiger partial charge < -0.3 is 5.32 Å². The number of nitrogens with one attached hydrogen (secondary N) is 1. The minimum atomic E-state index is 0.698. The van der Waals surface area contributed by atoms with Gasteiger partial charge >= 0.3 is 0 Å². The first-order valence-corrected chi connectivity index (χ1v) is 5.43. The van der Waals surface area contributed by atoms with Crippen molar-refractivity contribution < 1.29 is 0 Å². The zero-order chi connectivity index (χ0) is 9.26. The monoisotopic (exact) mass is 200 g/mol. The Morgan fingerprint density at radius 3 is 2.92 bits per heavy atom. The molecule has 2 atom stereocenters. The van der Waals surface area contributed by atoms with Gasteiger partial charge in [0.2, 0.25) is 0 Å². The highest BCUT2D eigenvalue weighted by atomic mass is 35.5. The Morgan fingerprint density at radius 1 is 1.38 bits per heavy atom. The van der Waals surface area contributed by atoms with Crippen molar-refractivity contribution in [2.75, 3.05) is 19.6 Å². The minimum absolute atomic E-state index is 0.698. The second-order valence-electron chi connectivity index (χ2n) is 4.18. The fourth-order valence-electron chi connectivity index (χ4n) is 2.40. The summed E-state index contributed by atoms with van der Waals surface area (Å²) >= 11 is 5.81. The van der Waals surface area contributed by atoms with E-state index in [9.17, 15) is 0 Å². The molecule has 0 aromatic carbocycles. The smallest absolute Gasteiger partial charge is 0.0336 e. The molecule has 0 spiro atoms. The van der Waals surface area contributed by atoms with Crippen LogP contribution in [0.15, 0.2) is 11.6 Å². The van der Waals surface area contributed by atoms with Crippen LogP contribution in [0.3, 0.4) is 0 Å². The highest BCUT2D eigenvalue weighted by Gasteiger charge is 2.28. The fourth-order valence-corrected chi connectivity index (χ4v) is 2.57. The van der Waals surface area contributed by atoms with Crippen LogP contribution in [0.4, 0.5) is 0 Å². The molecule has 0 aromatic heterocycles. The highest BCUT2D eigenvalue weighted by molar-refractivity contribution is 6.29. The summed E-state index contributed by atoms with van der Waals surface area (Å²) in [5.74, 6) is 0. The second kappa shape index (κ2) is 3.99. The Kier molecular flexibility index (Phi) is 2.92. The molecule has 0 amide bonds. The molecule has 0 aromatic rings. The summed E-state index contributed by atoms with van der Waals surface area (Å²) in [5, 5.41) is 4.40. The van der Waals surface area contributed by atoms with Crippen LogP contribution in [0.2, 0.25) is 0 Å². The van der Waals surface area contributed by atoms with Crippen molar-refractivity contribution in [3.05, 3.63) is 11.6 Å². The van der Waals surface area contributed by atoms with Crippen LogP contribution < -0.4 is 5.32 Å². The average Bonchev–Trinajstić information content (AvgIpc) is 2.36. The van der Waals surface area contributed by atoms with Gasteiger partial charge in [-0.15, -0.1) is 0 Å². The molecule has 2 saturated heterocycles. The van der Waals surface area contributed by atoms with Crippen molar-refractivity contribution in [1.82, 2.24) is 10.2 Å². The molecule has 0 radical (unpaired) electrons. The number of likely N-dealkylation sites (tertiary alicyclic amines) is 1. The van der Waals surface area contributed by atoms with Crippen molar-refractivity contribution in [2.45, 2.75) is 31.3 Å². The molecule has 3 heteroatoms. The molecule has 2 heterocycles. The second-order valence-corrected chi connectivity index (χ2v) is 4.71. The Labute approximate surface area is 84.9 Å². The molecule has 2 rings (SSSR count). The number of hydrogen-bond donors (Lipinski definition) is 1. The fraction of sp³-hybridized carbons (Fsp3) is 0.800. The molecule has 2 aliphatic rings. The normalized spacial score (nSPS) is 34.5. The van der Waals surface area contributed by atoms with Crippen molar-refractivity contribution in [1.29, 1.82) is 0 Å². The molecular weight excluding hydrogens is 184 g/mol. The molecular formula is C10H17ClN2. The van der Waals surface area contributed by atoms with E-state index >= 15 is 0 Å². The van der Waals surface area contributed by atoms with Crippen LogP contribution in [0.5, 0.6) is 0 Å². The van der Waals surface area contributed by atoms with Crippen molar-refractivity contribution in [3.8, 4) is 0 Å². The van der Waals surface area contributed by atoms with Gasteiger partial charge in [0, 0.05) is 36.8 Å². The van der Waals surface area contributed by atoms with Crippen molar-refractivity contribution >= 4 is 11.6 Å². The van der Waals surface area contributed by atoms with E-state index in [2.05, 4.69) is 16.8 Å². The molecule has 1 N–H and O–H groups in total. The first-order valence-electron chi connectivity index (χ1n) is 5.06. The molecule has 2 nitrogen and oxygen atoms in total. The number of hydrogen-bond acceptors (Lipinski definition) is 2. The third-order valence-electron chi connectivity index (χ3n) is 3.00. The SMILES string of the molecule is C=C(Cl)CN1CCC2CCC(C1)N2. The Bertz CT molecular complexity index is 205. The van der Waals surface area contributed by atoms with Crippen molar-refractivity contribution in [2.24, 2.45) is 0 Å². The number of halogens is 1. The molecule has 74 valence electrons. The van der Waals surface area contributed by atoms with E-state index in [-0.39, 0.29) is 0 Å². The standard InChI is InChI=1S/C10H17ClN2/c1-8(11)6-13-5-4-9-2-3-10(7-13)12-9/h9-10,12H,1-7H2. The summed E-state index contributed by atoms with van der Waals surface area (Å²) in [5.41, 5.74) is 0. The van der Waals surface area contributed by atoms with E-state index in [1.54, 1.807) is 0 Å². The van der Waals surface area contributed by atoms with E-state index in [1.807, 2.05) is 0 Å². The lowest BCUT2D eigenvalue weighted by Crippen LogP contribution is -2.35. The van der Waals surface area contributed by atoms with Crippen LogP contribution in [0.25, 0.3) is 0 Å². The molecule has 2 aliphatic heterocycles. The summed E-state index contributed by atoms with van der Waals surface area (Å²) in [6.45, 7) is 6.91. The lowest BCUT2D eigenvalue weighted by Gasteiger charge is -2.23. The van der Waals surface area contributed by atoms with Gasteiger partial charge in [-0.2, -0.15) is 0 Å². The van der Waals surface area contributed by atoms with Crippen LogP contribution >= 0.6 is 11.6 Å². The van der Waals surface area contributed by atoms with Gasteiger partial charge in [-0.25, -0.2) is 0 Å². The minimum Gasteiger partial charge on any atom is -0.310 e. The predicted molar refractivity (Wildman–Crippen MR) is 56.0 cm³/mol. The van der Waals surface area contributed by atoms with Gasteiger partial charge in [-0.1, -0.05) is 18.2 Å². The zero-order valence-corrected chi connectivity index (χ0v) is 8.69. The highest BCUT2D eigenvalue weighted by Crippen LogP contribution is 2.20. The molecule has 0 aliphatic carbocycles. The summed E-state index contributed by atoms with van der Waals surface area (Å²) in [6.07, 6.45) is 3.96. The van der Waals surface area contributed by atoms with E-state index < -0.39 is 0 Å². The summed E-state index contributed by atoms with van der Waals surface area (Å²) in [6, 6.07) is 1.46. The lowest BCUT2D eigenvalue weighted by atomic mass is 10.1. The van der Waals surface area contributed by atoms with E-state index in [1.165, 1.54) is 25.8 Å². The predicted octanol–water partition coefficient (Wildman–Crippen LogP) is 1.57. The Hall–Kier alpha value is -0.0500. The largest absolute Gasteiger partial charge is 0.310 e. The van der Waals surface area contributed by atoms with Crippen molar-refractivity contribution in [3.63, 3.8) is 0 Å². The third-order valence-corrected chi connectivity index (χ3v) is 3.12. The summed E-state index contributed by atoms with van der Waals surface area (Å²) < 4.78 is 0. The van der Waals surface area contributed by atoms with Crippen LogP contribution in [0.1, 0.15) is 19.3 Å². The molecule has 13 heavy (non-hydrogen) atoms. The van der Waals surface area contributed by atoms with Crippen LogP contribution in [-0.2, 0) is 0 Å².